The Hall–Kier alpha value is -0.860. The minimum Gasteiger partial charge on any atom is -0.357 e. The Bertz CT molecular complexity index is 497. The summed E-state index contributed by atoms with van der Waals surface area (Å²) < 4.78 is 2.26. The van der Waals surface area contributed by atoms with Crippen molar-refractivity contribution in [3.63, 3.8) is 0 Å². The molecule has 0 aromatic carbocycles. The van der Waals surface area contributed by atoms with E-state index in [9.17, 15) is 0 Å². The Morgan fingerprint density at radius 1 is 1.21 bits per heavy atom. The number of nitrogens with zero attached hydrogens (tertiary/aromatic N) is 4. The fourth-order valence-electron chi connectivity index (χ4n) is 2.87. The largest absolute Gasteiger partial charge is 0.357 e. The van der Waals surface area contributed by atoms with Gasteiger partial charge in [-0.2, -0.15) is 0 Å². The molecular weight excluding hydrogens is 415 g/mol. The van der Waals surface area contributed by atoms with Crippen molar-refractivity contribution in [1.82, 2.24) is 25.4 Å². The smallest absolute Gasteiger partial charge is 0.191 e. The number of aromatic nitrogens is 3. The highest BCUT2D eigenvalue weighted by molar-refractivity contribution is 14.0. The van der Waals surface area contributed by atoms with Gasteiger partial charge in [-0.1, -0.05) is 20.3 Å². The van der Waals surface area contributed by atoms with Crippen LogP contribution in [0.15, 0.2) is 4.99 Å². The molecular formula is C17H33IN6. The summed E-state index contributed by atoms with van der Waals surface area (Å²) in [5.41, 5.74) is 0. The highest BCUT2D eigenvalue weighted by Gasteiger charge is 2.14. The number of guanidine groups is 1. The highest BCUT2D eigenvalue weighted by atomic mass is 127. The molecule has 1 aliphatic heterocycles. The molecule has 7 heteroatoms. The van der Waals surface area contributed by atoms with Gasteiger partial charge in [0.2, 0.25) is 0 Å². The summed E-state index contributed by atoms with van der Waals surface area (Å²) in [6.07, 6.45) is 7.18. The van der Waals surface area contributed by atoms with Crippen LogP contribution in [0, 0.1) is 5.92 Å². The van der Waals surface area contributed by atoms with Gasteiger partial charge in [-0.3, -0.25) is 0 Å². The van der Waals surface area contributed by atoms with Crippen molar-refractivity contribution >= 4 is 29.9 Å². The Kier molecular flexibility index (Phi) is 10.3. The van der Waals surface area contributed by atoms with Crippen molar-refractivity contribution in [2.45, 2.75) is 72.4 Å². The third-order valence-electron chi connectivity index (χ3n) is 4.16. The second kappa shape index (κ2) is 11.7. The lowest BCUT2D eigenvalue weighted by atomic mass is 10.1. The number of aryl methyl sites for hydroxylation is 1. The molecule has 0 radical (unpaired) electrons. The Morgan fingerprint density at radius 3 is 2.79 bits per heavy atom. The van der Waals surface area contributed by atoms with Crippen LogP contribution in [0.4, 0.5) is 0 Å². The Labute approximate surface area is 163 Å². The van der Waals surface area contributed by atoms with Crippen LogP contribution >= 0.6 is 24.0 Å². The van der Waals surface area contributed by atoms with Gasteiger partial charge in [-0.25, -0.2) is 4.99 Å². The molecule has 2 N–H and O–H groups in total. The molecule has 0 bridgehead atoms. The standard InChI is InChI=1S/C17H32N6.HI/c1-4-18-17(19-11-8-9-14(2)3)20-13-16-22-21-15-10-6-5-7-12-23(15)16;/h14H,4-13H2,1-3H3,(H2,18,19,20);1H. The normalized spacial score (nSPS) is 14.8. The van der Waals surface area contributed by atoms with Gasteiger partial charge in [0.15, 0.2) is 11.8 Å². The minimum absolute atomic E-state index is 0. The number of aliphatic imine (C=N–C) groups is 1. The van der Waals surface area contributed by atoms with Crippen molar-refractivity contribution in [3.05, 3.63) is 11.6 Å². The van der Waals surface area contributed by atoms with Gasteiger partial charge in [0, 0.05) is 26.1 Å². The van der Waals surface area contributed by atoms with Gasteiger partial charge in [0.05, 0.1) is 0 Å². The van der Waals surface area contributed by atoms with E-state index in [1.165, 1.54) is 32.1 Å². The molecule has 0 atom stereocenters. The maximum atomic E-state index is 4.68. The minimum atomic E-state index is 0. The van der Waals surface area contributed by atoms with Crippen LogP contribution in [0.2, 0.25) is 0 Å². The lowest BCUT2D eigenvalue weighted by molar-refractivity contribution is 0.549. The maximum Gasteiger partial charge on any atom is 0.191 e. The molecule has 1 aromatic rings. The van der Waals surface area contributed by atoms with Crippen molar-refractivity contribution < 1.29 is 0 Å². The fraction of sp³-hybridized carbons (Fsp3) is 0.824. The quantitative estimate of drug-likeness (QED) is 0.291. The lowest BCUT2D eigenvalue weighted by Crippen LogP contribution is -2.37. The van der Waals surface area contributed by atoms with Gasteiger partial charge in [0.25, 0.3) is 0 Å². The fourth-order valence-corrected chi connectivity index (χ4v) is 2.87. The van der Waals surface area contributed by atoms with E-state index in [0.29, 0.717) is 6.54 Å². The topological polar surface area (TPSA) is 67.1 Å². The Morgan fingerprint density at radius 2 is 2.04 bits per heavy atom. The van der Waals surface area contributed by atoms with E-state index >= 15 is 0 Å². The SMILES string of the molecule is CCNC(=NCc1nnc2n1CCCCC2)NCCCC(C)C.I. The van der Waals surface area contributed by atoms with E-state index in [-0.39, 0.29) is 24.0 Å². The molecule has 6 nitrogen and oxygen atoms in total. The molecule has 1 aromatic heterocycles. The number of hydrogen-bond donors (Lipinski definition) is 2. The first-order valence-corrected chi connectivity index (χ1v) is 9.13. The Balaban J connectivity index is 0.00000288. The van der Waals surface area contributed by atoms with Gasteiger partial charge in [0.1, 0.15) is 12.4 Å². The van der Waals surface area contributed by atoms with E-state index < -0.39 is 0 Å². The van der Waals surface area contributed by atoms with Crippen LogP contribution in [0.25, 0.3) is 0 Å². The van der Waals surface area contributed by atoms with Crippen LogP contribution in [0.1, 0.15) is 64.5 Å². The molecule has 0 spiro atoms. The average Bonchev–Trinajstić information content (AvgIpc) is 2.76. The summed E-state index contributed by atoms with van der Waals surface area (Å²) in [6, 6.07) is 0. The van der Waals surface area contributed by atoms with Gasteiger partial charge < -0.3 is 15.2 Å². The lowest BCUT2D eigenvalue weighted by Gasteiger charge is -2.12. The summed E-state index contributed by atoms with van der Waals surface area (Å²) in [6.45, 7) is 10.1. The number of halogens is 1. The molecule has 0 aliphatic carbocycles. The molecule has 1 aliphatic rings. The number of rotatable bonds is 7. The third-order valence-corrected chi connectivity index (χ3v) is 4.16. The van der Waals surface area contributed by atoms with Crippen LogP contribution < -0.4 is 10.6 Å². The van der Waals surface area contributed by atoms with Crippen molar-refractivity contribution in [2.75, 3.05) is 13.1 Å². The number of nitrogens with one attached hydrogen (secondary N) is 2. The predicted octanol–water partition coefficient (Wildman–Crippen LogP) is 3.11. The molecule has 0 saturated heterocycles. The predicted molar refractivity (Wildman–Crippen MR) is 110 cm³/mol. The first-order chi connectivity index (χ1) is 11.2. The van der Waals surface area contributed by atoms with Gasteiger partial charge in [-0.05, 0) is 38.5 Å². The molecule has 0 unspecified atom stereocenters. The van der Waals surface area contributed by atoms with E-state index in [1.807, 2.05) is 0 Å². The zero-order valence-corrected chi connectivity index (χ0v) is 17.7. The van der Waals surface area contributed by atoms with Gasteiger partial charge >= 0.3 is 0 Å². The second-order valence-electron chi connectivity index (χ2n) is 6.65. The first kappa shape index (κ1) is 21.2. The summed E-state index contributed by atoms with van der Waals surface area (Å²) in [7, 11) is 0. The highest BCUT2D eigenvalue weighted by Crippen LogP contribution is 2.14. The zero-order valence-electron chi connectivity index (χ0n) is 15.3. The maximum absolute atomic E-state index is 4.68. The zero-order chi connectivity index (χ0) is 16.5. The molecule has 2 heterocycles. The average molecular weight is 448 g/mol. The van der Waals surface area contributed by atoms with Crippen LogP contribution in [0.3, 0.4) is 0 Å². The van der Waals surface area contributed by atoms with Crippen molar-refractivity contribution in [2.24, 2.45) is 10.9 Å². The monoisotopic (exact) mass is 448 g/mol. The van der Waals surface area contributed by atoms with Gasteiger partial charge in [-0.15, -0.1) is 34.2 Å². The second-order valence-corrected chi connectivity index (χ2v) is 6.65. The summed E-state index contributed by atoms with van der Waals surface area (Å²) in [5.74, 6) is 3.74. The van der Waals surface area contributed by atoms with E-state index in [2.05, 4.69) is 51.2 Å². The van der Waals surface area contributed by atoms with Crippen molar-refractivity contribution in [3.8, 4) is 0 Å². The summed E-state index contributed by atoms with van der Waals surface area (Å²) in [4.78, 5) is 4.68. The third kappa shape index (κ3) is 6.94. The molecule has 138 valence electrons. The molecule has 0 fully saturated rings. The molecule has 24 heavy (non-hydrogen) atoms. The van der Waals surface area contributed by atoms with E-state index in [4.69, 9.17) is 0 Å². The number of hydrogen-bond acceptors (Lipinski definition) is 3. The summed E-state index contributed by atoms with van der Waals surface area (Å²) >= 11 is 0. The van der Waals surface area contributed by atoms with Crippen LogP contribution in [-0.4, -0.2) is 33.8 Å². The van der Waals surface area contributed by atoms with E-state index in [0.717, 1.165) is 49.6 Å². The molecule has 0 saturated carbocycles. The molecule has 2 rings (SSSR count). The van der Waals surface area contributed by atoms with Crippen LogP contribution in [0.5, 0.6) is 0 Å². The first-order valence-electron chi connectivity index (χ1n) is 9.13. The number of fused-ring (bicyclic) bond motifs is 1. The summed E-state index contributed by atoms with van der Waals surface area (Å²) in [5, 5.41) is 15.4. The van der Waals surface area contributed by atoms with E-state index in [1.54, 1.807) is 0 Å². The van der Waals surface area contributed by atoms with Crippen molar-refractivity contribution in [1.29, 1.82) is 0 Å². The molecule has 0 amide bonds. The van der Waals surface area contributed by atoms with Crippen LogP contribution in [-0.2, 0) is 19.5 Å².